The fraction of sp³-hybridized carbons (Fsp3) is 0.286. The molecule has 4 nitrogen and oxygen atoms in total. The smallest absolute Gasteiger partial charge is 0.406 e. The zero-order valence-corrected chi connectivity index (χ0v) is 24.1. The topological polar surface area (TPSA) is 47.6 Å². The second kappa shape index (κ2) is 13.3. The van der Waals surface area contributed by atoms with E-state index >= 15 is 0 Å². The van der Waals surface area contributed by atoms with Crippen LogP contribution < -0.4 is 14.8 Å². The minimum Gasteiger partial charge on any atom is -0.406 e. The van der Waals surface area contributed by atoms with Crippen molar-refractivity contribution in [2.24, 2.45) is 5.92 Å². The SMILES string of the molecule is O=C(CC1CCCC1)NC(Cc1ccc(-c2ccccc2)cc1)(c1cccc(OC(F)(F)F)c1)c1cccc(OC(F)(F)F)c1. The molecule has 1 aliphatic carbocycles. The van der Waals surface area contributed by atoms with E-state index in [4.69, 9.17) is 0 Å². The van der Waals surface area contributed by atoms with E-state index < -0.39 is 29.8 Å². The molecule has 0 aromatic heterocycles. The van der Waals surface area contributed by atoms with Gasteiger partial charge in [-0.25, -0.2) is 0 Å². The van der Waals surface area contributed by atoms with Gasteiger partial charge in [-0.2, -0.15) is 0 Å². The Bertz CT molecular complexity index is 1520. The van der Waals surface area contributed by atoms with Crippen LogP contribution in [-0.2, 0) is 16.8 Å². The Morgan fingerprint density at radius 2 is 1.18 bits per heavy atom. The standard InChI is InChI=1S/C35H31F6NO3/c36-34(37,38)44-30-14-6-12-28(21-30)33(42-32(43)20-24-8-4-5-9-24,29-13-7-15-31(22-29)45-35(39,40)41)23-25-16-18-27(19-17-25)26-10-2-1-3-11-26/h1-3,6-7,10-19,21-22,24H,4-5,8-9,20,23H2,(H,42,43). The molecule has 5 rings (SSSR count). The van der Waals surface area contributed by atoms with Crippen LogP contribution in [0.2, 0.25) is 0 Å². The van der Waals surface area contributed by atoms with Gasteiger partial charge in [0, 0.05) is 12.8 Å². The maximum atomic E-state index is 13.7. The number of nitrogens with one attached hydrogen (secondary N) is 1. The minimum absolute atomic E-state index is 0.00339. The van der Waals surface area contributed by atoms with E-state index in [1.54, 1.807) is 0 Å². The molecular formula is C35H31F6NO3. The van der Waals surface area contributed by atoms with Crippen molar-refractivity contribution in [1.82, 2.24) is 5.32 Å². The van der Waals surface area contributed by atoms with Gasteiger partial charge in [0.05, 0.1) is 5.54 Å². The summed E-state index contributed by atoms with van der Waals surface area (Å²) in [5.41, 5.74) is 1.35. The van der Waals surface area contributed by atoms with Crippen molar-refractivity contribution in [2.75, 3.05) is 0 Å². The van der Waals surface area contributed by atoms with Gasteiger partial charge < -0.3 is 14.8 Å². The minimum atomic E-state index is -4.99. The van der Waals surface area contributed by atoms with Crippen molar-refractivity contribution in [3.8, 4) is 22.6 Å². The molecule has 1 amide bonds. The van der Waals surface area contributed by atoms with Crippen molar-refractivity contribution in [3.63, 3.8) is 0 Å². The number of rotatable bonds is 10. The van der Waals surface area contributed by atoms with Gasteiger partial charge in [0.1, 0.15) is 11.5 Å². The number of carbonyl (C=O) groups excluding carboxylic acids is 1. The molecule has 4 aromatic carbocycles. The molecule has 1 aliphatic rings. The van der Waals surface area contributed by atoms with Crippen molar-refractivity contribution in [1.29, 1.82) is 0 Å². The van der Waals surface area contributed by atoms with Gasteiger partial charge in [-0.15, -0.1) is 26.3 Å². The van der Waals surface area contributed by atoms with Crippen LogP contribution in [0.5, 0.6) is 11.5 Å². The maximum Gasteiger partial charge on any atom is 0.573 e. The largest absolute Gasteiger partial charge is 0.573 e. The number of hydrogen-bond acceptors (Lipinski definition) is 3. The second-order valence-corrected chi connectivity index (χ2v) is 11.2. The van der Waals surface area contributed by atoms with E-state index in [1.807, 2.05) is 54.6 Å². The Kier molecular flexibility index (Phi) is 9.41. The fourth-order valence-corrected chi connectivity index (χ4v) is 5.99. The predicted molar refractivity (Wildman–Crippen MR) is 157 cm³/mol. The number of carbonyl (C=O) groups is 1. The first-order valence-electron chi connectivity index (χ1n) is 14.6. The molecule has 0 aliphatic heterocycles. The fourth-order valence-electron chi connectivity index (χ4n) is 5.99. The highest BCUT2D eigenvalue weighted by atomic mass is 19.4. The van der Waals surface area contributed by atoms with Crippen LogP contribution in [0.25, 0.3) is 11.1 Å². The van der Waals surface area contributed by atoms with Crippen molar-refractivity contribution >= 4 is 5.91 Å². The van der Waals surface area contributed by atoms with E-state index in [0.29, 0.717) is 5.56 Å². The van der Waals surface area contributed by atoms with Gasteiger partial charge in [-0.1, -0.05) is 91.7 Å². The number of ether oxygens (including phenoxy) is 2. The Hall–Kier alpha value is -4.47. The molecule has 10 heteroatoms. The first kappa shape index (κ1) is 31.9. The molecule has 236 valence electrons. The molecule has 0 atom stereocenters. The third-order valence-electron chi connectivity index (χ3n) is 7.95. The van der Waals surface area contributed by atoms with Crippen LogP contribution in [0.15, 0.2) is 103 Å². The number of halogens is 6. The maximum absolute atomic E-state index is 13.7. The zero-order valence-electron chi connectivity index (χ0n) is 24.1. The predicted octanol–water partition coefficient (Wildman–Crippen LogP) is 9.33. The molecule has 1 N–H and O–H groups in total. The lowest BCUT2D eigenvalue weighted by Crippen LogP contribution is -2.49. The lowest BCUT2D eigenvalue weighted by Gasteiger charge is -2.37. The summed E-state index contributed by atoms with van der Waals surface area (Å²) in [6.45, 7) is 0. The lowest BCUT2D eigenvalue weighted by molar-refractivity contribution is -0.275. The first-order valence-corrected chi connectivity index (χ1v) is 14.6. The summed E-state index contributed by atoms with van der Waals surface area (Å²) in [7, 11) is 0. The lowest BCUT2D eigenvalue weighted by atomic mass is 9.77. The van der Waals surface area contributed by atoms with E-state index in [0.717, 1.165) is 61.1 Å². The monoisotopic (exact) mass is 627 g/mol. The summed E-state index contributed by atoms with van der Waals surface area (Å²) in [4.78, 5) is 13.7. The Morgan fingerprint density at radius 3 is 1.69 bits per heavy atom. The zero-order chi connectivity index (χ0) is 32.1. The quantitative estimate of drug-likeness (QED) is 0.178. The van der Waals surface area contributed by atoms with Crippen LogP contribution in [0.3, 0.4) is 0 Å². The van der Waals surface area contributed by atoms with E-state index in [1.165, 1.54) is 24.3 Å². The van der Waals surface area contributed by atoms with Crippen molar-refractivity contribution < 1.29 is 40.6 Å². The van der Waals surface area contributed by atoms with Gasteiger partial charge in [-0.3, -0.25) is 4.79 Å². The average molecular weight is 628 g/mol. The molecule has 1 fully saturated rings. The molecule has 0 radical (unpaired) electrons. The average Bonchev–Trinajstić information content (AvgIpc) is 3.49. The highest BCUT2D eigenvalue weighted by molar-refractivity contribution is 5.78. The number of benzene rings is 4. The van der Waals surface area contributed by atoms with Crippen LogP contribution >= 0.6 is 0 Å². The molecule has 1 saturated carbocycles. The number of amides is 1. The molecule has 0 spiro atoms. The van der Waals surface area contributed by atoms with Crippen molar-refractivity contribution in [3.05, 3.63) is 120 Å². The summed E-state index contributed by atoms with van der Waals surface area (Å²) in [5, 5.41) is 3.05. The van der Waals surface area contributed by atoms with Gasteiger partial charge in [0.25, 0.3) is 0 Å². The van der Waals surface area contributed by atoms with E-state index in [2.05, 4.69) is 14.8 Å². The summed E-state index contributed by atoms with van der Waals surface area (Å²) in [5.74, 6) is -1.30. The molecule has 0 saturated heterocycles. The molecule has 0 unspecified atom stereocenters. The molecule has 45 heavy (non-hydrogen) atoms. The molecule has 0 heterocycles. The second-order valence-electron chi connectivity index (χ2n) is 11.2. The summed E-state index contributed by atoms with van der Waals surface area (Å²) >= 11 is 0. The van der Waals surface area contributed by atoms with Gasteiger partial charge in [-0.05, 0) is 70.8 Å². The van der Waals surface area contributed by atoms with E-state index in [9.17, 15) is 31.1 Å². The molecular weight excluding hydrogens is 596 g/mol. The third kappa shape index (κ3) is 8.59. The third-order valence-corrected chi connectivity index (χ3v) is 7.95. The first-order chi connectivity index (χ1) is 21.4. The van der Waals surface area contributed by atoms with Crippen LogP contribution in [0.1, 0.15) is 48.8 Å². The van der Waals surface area contributed by atoms with E-state index in [-0.39, 0.29) is 35.8 Å². The summed E-state index contributed by atoms with van der Waals surface area (Å²) in [6, 6.07) is 27.3. The van der Waals surface area contributed by atoms with Crippen LogP contribution in [0, 0.1) is 5.92 Å². The highest BCUT2D eigenvalue weighted by Crippen LogP contribution is 2.39. The highest BCUT2D eigenvalue weighted by Gasteiger charge is 2.39. The van der Waals surface area contributed by atoms with Crippen LogP contribution in [0.4, 0.5) is 26.3 Å². The van der Waals surface area contributed by atoms with Crippen LogP contribution in [-0.4, -0.2) is 18.6 Å². The van der Waals surface area contributed by atoms with Crippen molar-refractivity contribution in [2.45, 2.75) is 56.8 Å². The Balaban J connectivity index is 1.64. The van der Waals surface area contributed by atoms with Gasteiger partial charge >= 0.3 is 12.7 Å². The number of alkyl halides is 6. The summed E-state index contributed by atoms with van der Waals surface area (Å²) < 4.78 is 87.9. The van der Waals surface area contributed by atoms with Gasteiger partial charge in [0.2, 0.25) is 5.91 Å². The Morgan fingerprint density at radius 1 is 0.667 bits per heavy atom. The Labute approximate surface area is 257 Å². The molecule has 0 bridgehead atoms. The van der Waals surface area contributed by atoms with Gasteiger partial charge in [0.15, 0.2) is 0 Å². The molecule has 4 aromatic rings. The number of hydrogen-bond donors (Lipinski definition) is 1. The summed E-state index contributed by atoms with van der Waals surface area (Å²) in [6.07, 6.45) is -6.08. The normalized spacial score (nSPS) is 14.3.